The molecular formula is C15H20BrN3O2. The molecule has 0 radical (unpaired) electrons. The summed E-state index contributed by atoms with van der Waals surface area (Å²) in [6.45, 7) is 5.12. The average molecular weight is 354 g/mol. The maximum Gasteiger partial charge on any atom is 0.254 e. The molecule has 3 N–H and O–H groups in total. The first-order valence-electron chi connectivity index (χ1n) is 6.91. The number of hydrogen-bond acceptors (Lipinski definition) is 3. The number of hydrogen-bond donors (Lipinski definition) is 2. The minimum Gasteiger partial charge on any atom is -0.409 e. The van der Waals surface area contributed by atoms with Gasteiger partial charge in [0.2, 0.25) is 0 Å². The van der Waals surface area contributed by atoms with Gasteiger partial charge in [-0.3, -0.25) is 4.79 Å². The van der Waals surface area contributed by atoms with Crippen LogP contribution in [-0.4, -0.2) is 34.9 Å². The number of piperidine rings is 1. The smallest absolute Gasteiger partial charge is 0.254 e. The molecule has 1 aliphatic heterocycles. The molecule has 0 aliphatic carbocycles. The third kappa shape index (κ3) is 3.20. The molecule has 0 saturated carbocycles. The monoisotopic (exact) mass is 353 g/mol. The molecule has 21 heavy (non-hydrogen) atoms. The lowest BCUT2D eigenvalue weighted by molar-refractivity contribution is 0.0665. The van der Waals surface area contributed by atoms with Gasteiger partial charge in [0.05, 0.1) is 0 Å². The summed E-state index contributed by atoms with van der Waals surface area (Å²) in [7, 11) is 0. The Kier molecular flexibility index (Phi) is 4.56. The van der Waals surface area contributed by atoms with E-state index in [1.807, 2.05) is 36.9 Å². The number of nitrogens with two attached hydrogens (primary N) is 1. The Morgan fingerprint density at radius 2 is 2.05 bits per heavy atom. The van der Waals surface area contributed by atoms with Crippen molar-refractivity contribution in [1.82, 2.24) is 4.90 Å². The molecule has 1 heterocycles. The van der Waals surface area contributed by atoms with Gasteiger partial charge in [-0.05, 0) is 37.5 Å². The first-order valence-corrected chi connectivity index (χ1v) is 7.70. The number of aryl methyl sites for hydroxylation is 1. The molecule has 5 nitrogen and oxygen atoms in total. The van der Waals surface area contributed by atoms with Crippen molar-refractivity contribution in [2.45, 2.75) is 26.7 Å². The van der Waals surface area contributed by atoms with E-state index >= 15 is 0 Å². The highest BCUT2D eigenvalue weighted by atomic mass is 79.9. The van der Waals surface area contributed by atoms with E-state index in [2.05, 4.69) is 21.1 Å². The van der Waals surface area contributed by atoms with E-state index < -0.39 is 0 Å². The van der Waals surface area contributed by atoms with Crippen LogP contribution in [0.4, 0.5) is 0 Å². The van der Waals surface area contributed by atoms with Crippen LogP contribution in [0.15, 0.2) is 27.8 Å². The van der Waals surface area contributed by atoms with Crippen LogP contribution in [0.25, 0.3) is 0 Å². The fraction of sp³-hybridized carbons (Fsp3) is 0.467. The van der Waals surface area contributed by atoms with Crippen LogP contribution in [0.5, 0.6) is 0 Å². The Morgan fingerprint density at radius 1 is 1.43 bits per heavy atom. The Bertz CT molecular complexity index is 578. The number of oxime groups is 1. The molecule has 1 aromatic carbocycles. The molecule has 0 spiro atoms. The molecule has 1 saturated heterocycles. The summed E-state index contributed by atoms with van der Waals surface area (Å²) < 4.78 is 0.898. The largest absolute Gasteiger partial charge is 0.409 e. The normalized spacial score (nSPS) is 18.6. The van der Waals surface area contributed by atoms with E-state index in [0.717, 1.165) is 15.6 Å². The summed E-state index contributed by atoms with van der Waals surface area (Å²) in [5.74, 6) is 0.281. The zero-order valence-electron chi connectivity index (χ0n) is 12.3. The summed E-state index contributed by atoms with van der Waals surface area (Å²) in [6.07, 6.45) is 1.39. The fourth-order valence-electron chi connectivity index (χ4n) is 2.58. The number of benzene rings is 1. The van der Waals surface area contributed by atoms with Crippen LogP contribution in [0.3, 0.4) is 0 Å². The number of rotatable bonds is 2. The molecule has 1 amide bonds. The van der Waals surface area contributed by atoms with Gasteiger partial charge in [-0.15, -0.1) is 0 Å². The van der Waals surface area contributed by atoms with Gasteiger partial charge >= 0.3 is 0 Å². The summed E-state index contributed by atoms with van der Waals surface area (Å²) >= 11 is 3.40. The maximum absolute atomic E-state index is 12.6. The van der Waals surface area contributed by atoms with Crippen molar-refractivity contribution >= 4 is 27.7 Å². The van der Waals surface area contributed by atoms with Gasteiger partial charge < -0.3 is 15.8 Å². The lowest BCUT2D eigenvalue weighted by atomic mass is 9.79. The van der Waals surface area contributed by atoms with Gasteiger partial charge in [0.25, 0.3) is 5.91 Å². The Labute approximate surface area is 132 Å². The van der Waals surface area contributed by atoms with Gasteiger partial charge in [-0.2, -0.15) is 0 Å². The Hall–Kier alpha value is -1.56. The number of likely N-dealkylation sites (tertiary alicyclic amines) is 1. The average Bonchev–Trinajstić information content (AvgIpc) is 2.49. The summed E-state index contributed by atoms with van der Waals surface area (Å²) in [4.78, 5) is 14.5. The molecular weight excluding hydrogens is 334 g/mol. The first kappa shape index (κ1) is 15.8. The van der Waals surface area contributed by atoms with Gasteiger partial charge in [0.15, 0.2) is 0 Å². The molecule has 114 valence electrons. The molecule has 0 bridgehead atoms. The molecule has 1 aromatic rings. The van der Waals surface area contributed by atoms with Crippen LogP contribution in [0.1, 0.15) is 35.7 Å². The molecule has 0 aromatic heterocycles. The summed E-state index contributed by atoms with van der Waals surface area (Å²) in [5.41, 5.74) is 7.10. The van der Waals surface area contributed by atoms with Crippen LogP contribution in [0.2, 0.25) is 0 Å². The second kappa shape index (κ2) is 6.05. The van der Waals surface area contributed by atoms with Crippen LogP contribution >= 0.6 is 15.9 Å². The maximum atomic E-state index is 12.6. The van der Waals surface area contributed by atoms with E-state index in [1.54, 1.807) is 0 Å². The standard InChI is InChI=1S/C15H20BrN3O2/c1-10-3-4-11(16)9-12(10)13(20)19-7-5-15(2,6-8-19)14(17)18-21/h3-4,9,21H,5-8H2,1-2H3,(H2,17,18). The minimum atomic E-state index is -0.335. The lowest BCUT2D eigenvalue weighted by Gasteiger charge is -2.38. The number of carbonyl (C=O) groups is 1. The number of nitrogens with zero attached hydrogens (tertiary/aromatic N) is 2. The third-order valence-corrected chi connectivity index (χ3v) is 4.80. The Balaban J connectivity index is 2.12. The van der Waals surface area contributed by atoms with Crippen LogP contribution in [-0.2, 0) is 0 Å². The first-order chi connectivity index (χ1) is 9.87. The number of halogens is 1. The van der Waals surface area contributed by atoms with E-state index in [1.165, 1.54) is 0 Å². The van der Waals surface area contributed by atoms with Crippen molar-refractivity contribution in [3.05, 3.63) is 33.8 Å². The van der Waals surface area contributed by atoms with Gasteiger partial charge in [0.1, 0.15) is 5.84 Å². The van der Waals surface area contributed by atoms with E-state index in [9.17, 15) is 4.79 Å². The zero-order valence-corrected chi connectivity index (χ0v) is 13.9. The highest BCUT2D eigenvalue weighted by molar-refractivity contribution is 9.10. The molecule has 1 fully saturated rings. The van der Waals surface area contributed by atoms with E-state index in [4.69, 9.17) is 10.9 Å². The van der Waals surface area contributed by atoms with Crippen LogP contribution < -0.4 is 5.73 Å². The third-order valence-electron chi connectivity index (χ3n) is 4.31. The van der Waals surface area contributed by atoms with E-state index in [-0.39, 0.29) is 17.2 Å². The zero-order chi connectivity index (χ0) is 15.6. The Morgan fingerprint density at radius 3 is 2.62 bits per heavy atom. The van der Waals surface area contributed by atoms with Crippen molar-refractivity contribution in [3.63, 3.8) is 0 Å². The van der Waals surface area contributed by atoms with Gasteiger partial charge in [-0.1, -0.05) is 34.1 Å². The number of amides is 1. The lowest BCUT2D eigenvalue weighted by Crippen LogP contribution is -2.47. The highest BCUT2D eigenvalue weighted by Crippen LogP contribution is 2.32. The van der Waals surface area contributed by atoms with Crippen molar-refractivity contribution in [1.29, 1.82) is 0 Å². The van der Waals surface area contributed by atoms with Crippen molar-refractivity contribution in [2.24, 2.45) is 16.3 Å². The second-order valence-corrected chi connectivity index (χ2v) is 6.71. The van der Waals surface area contributed by atoms with Crippen molar-refractivity contribution in [2.75, 3.05) is 13.1 Å². The van der Waals surface area contributed by atoms with Gasteiger partial charge in [-0.25, -0.2) is 0 Å². The SMILES string of the molecule is Cc1ccc(Br)cc1C(=O)N1CCC(C)(/C(N)=N/O)CC1. The summed E-state index contributed by atoms with van der Waals surface area (Å²) in [6, 6.07) is 5.72. The quantitative estimate of drug-likeness (QED) is 0.371. The van der Waals surface area contributed by atoms with Crippen LogP contribution in [0, 0.1) is 12.3 Å². The minimum absolute atomic E-state index is 0.0374. The fourth-order valence-corrected chi connectivity index (χ4v) is 2.94. The second-order valence-electron chi connectivity index (χ2n) is 5.80. The van der Waals surface area contributed by atoms with E-state index in [0.29, 0.717) is 25.9 Å². The topological polar surface area (TPSA) is 78.9 Å². The van der Waals surface area contributed by atoms with Crippen molar-refractivity contribution in [3.8, 4) is 0 Å². The highest BCUT2D eigenvalue weighted by Gasteiger charge is 2.36. The molecule has 2 rings (SSSR count). The molecule has 0 unspecified atom stereocenters. The van der Waals surface area contributed by atoms with Crippen molar-refractivity contribution < 1.29 is 10.0 Å². The number of carbonyl (C=O) groups excluding carboxylic acids is 1. The summed E-state index contributed by atoms with van der Waals surface area (Å²) in [5, 5.41) is 12.0. The number of amidine groups is 1. The molecule has 0 atom stereocenters. The van der Waals surface area contributed by atoms with Gasteiger partial charge in [0, 0.05) is 28.5 Å². The molecule has 6 heteroatoms. The molecule has 1 aliphatic rings. The predicted octanol–water partition coefficient (Wildman–Crippen LogP) is 2.75. The predicted molar refractivity (Wildman–Crippen MR) is 85.5 cm³/mol.